The molecule has 19 heavy (non-hydrogen) atoms. The topological polar surface area (TPSA) is 32.3 Å². The van der Waals surface area contributed by atoms with Gasteiger partial charge in [-0.25, -0.2) is 0 Å². The van der Waals surface area contributed by atoms with Gasteiger partial charge in [-0.2, -0.15) is 0 Å². The summed E-state index contributed by atoms with van der Waals surface area (Å²) in [7, 11) is 0. The van der Waals surface area contributed by atoms with Crippen molar-refractivity contribution < 1.29 is 4.79 Å². The maximum absolute atomic E-state index is 11.0. The van der Waals surface area contributed by atoms with Crippen molar-refractivity contribution in [3.8, 4) is 0 Å². The van der Waals surface area contributed by atoms with Gasteiger partial charge in [-0.05, 0) is 42.3 Å². The van der Waals surface area contributed by atoms with Crippen LogP contribution in [0.2, 0.25) is 0 Å². The SMILES string of the molecule is CC(=O)Nc1ccc(N2CCc3ccccc32)cc1. The molecule has 1 aliphatic rings. The molecular formula is C16H16N2O. The highest BCUT2D eigenvalue weighted by atomic mass is 16.1. The van der Waals surface area contributed by atoms with Gasteiger partial charge in [0.05, 0.1) is 0 Å². The molecule has 3 heteroatoms. The van der Waals surface area contributed by atoms with Crippen molar-refractivity contribution in [1.29, 1.82) is 0 Å². The second kappa shape index (κ2) is 4.76. The third-order valence-corrected chi connectivity index (χ3v) is 3.39. The molecule has 0 saturated carbocycles. The summed E-state index contributed by atoms with van der Waals surface area (Å²) in [6.07, 6.45) is 1.09. The molecule has 0 spiro atoms. The number of nitrogens with zero attached hydrogens (tertiary/aromatic N) is 1. The van der Waals surface area contributed by atoms with Gasteiger partial charge in [-0.15, -0.1) is 0 Å². The fourth-order valence-electron chi connectivity index (χ4n) is 2.53. The fourth-order valence-corrected chi connectivity index (χ4v) is 2.53. The lowest BCUT2D eigenvalue weighted by molar-refractivity contribution is -0.114. The van der Waals surface area contributed by atoms with Crippen LogP contribution in [0.5, 0.6) is 0 Å². The fraction of sp³-hybridized carbons (Fsp3) is 0.188. The number of hydrogen-bond donors (Lipinski definition) is 1. The predicted molar refractivity (Wildman–Crippen MR) is 77.9 cm³/mol. The van der Waals surface area contributed by atoms with Gasteiger partial charge in [-0.3, -0.25) is 4.79 Å². The van der Waals surface area contributed by atoms with Crippen LogP contribution < -0.4 is 10.2 Å². The van der Waals surface area contributed by atoms with E-state index in [0.717, 1.165) is 18.7 Å². The van der Waals surface area contributed by atoms with Crippen molar-refractivity contribution in [3.63, 3.8) is 0 Å². The Balaban J connectivity index is 1.86. The van der Waals surface area contributed by atoms with Gasteiger partial charge in [0.2, 0.25) is 5.91 Å². The molecule has 1 N–H and O–H groups in total. The molecule has 0 fully saturated rings. The Morgan fingerprint density at radius 1 is 1.11 bits per heavy atom. The lowest BCUT2D eigenvalue weighted by atomic mass is 10.2. The number of carbonyl (C=O) groups excluding carboxylic acids is 1. The Hall–Kier alpha value is -2.29. The van der Waals surface area contributed by atoms with Gasteiger partial charge in [0.15, 0.2) is 0 Å². The average molecular weight is 252 g/mol. The minimum atomic E-state index is -0.0423. The predicted octanol–water partition coefficient (Wildman–Crippen LogP) is 3.34. The number of nitrogens with one attached hydrogen (secondary N) is 1. The zero-order chi connectivity index (χ0) is 13.2. The van der Waals surface area contributed by atoms with Crippen molar-refractivity contribution in [1.82, 2.24) is 0 Å². The minimum absolute atomic E-state index is 0.0423. The molecule has 0 saturated heterocycles. The molecule has 0 unspecified atom stereocenters. The minimum Gasteiger partial charge on any atom is -0.341 e. The molecular weight excluding hydrogens is 236 g/mol. The number of hydrogen-bond acceptors (Lipinski definition) is 2. The summed E-state index contributed by atoms with van der Waals surface area (Å²) in [5.41, 5.74) is 4.69. The van der Waals surface area contributed by atoms with Crippen LogP contribution in [0.4, 0.5) is 17.1 Å². The third-order valence-electron chi connectivity index (χ3n) is 3.39. The number of amides is 1. The molecule has 0 aliphatic carbocycles. The van der Waals surface area contributed by atoms with Crippen LogP contribution in [-0.4, -0.2) is 12.5 Å². The maximum Gasteiger partial charge on any atom is 0.221 e. The van der Waals surface area contributed by atoms with Crippen LogP contribution in [0.25, 0.3) is 0 Å². The first-order chi connectivity index (χ1) is 9.24. The second-order valence-electron chi connectivity index (χ2n) is 4.76. The Bertz CT molecular complexity index is 604. The van der Waals surface area contributed by atoms with E-state index in [1.807, 2.05) is 24.3 Å². The number of benzene rings is 2. The van der Waals surface area contributed by atoms with Gasteiger partial charge in [0, 0.05) is 30.5 Å². The monoisotopic (exact) mass is 252 g/mol. The number of carbonyl (C=O) groups is 1. The van der Waals surface area contributed by atoms with Crippen molar-refractivity contribution in [3.05, 3.63) is 54.1 Å². The van der Waals surface area contributed by atoms with Crippen LogP contribution in [0.15, 0.2) is 48.5 Å². The van der Waals surface area contributed by atoms with Crippen molar-refractivity contribution in [2.24, 2.45) is 0 Å². The molecule has 96 valence electrons. The summed E-state index contributed by atoms with van der Waals surface area (Å²) < 4.78 is 0. The summed E-state index contributed by atoms with van der Waals surface area (Å²) in [5.74, 6) is -0.0423. The quantitative estimate of drug-likeness (QED) is 0.889. The van der Waals surface area contributed by atoms with E-state index < -0.39 is 0 Å². The van der Waals surface area contributed by atoms with E-state index in [1.54, 1.807) is 0 Å². The number of para-hydroxylation sites is 1. The highest BCUT2D eigenvalue weighted by Gasteiger charge is 2.19. The van der Waals surface area contributed by atoms with Crippen LogP contribution in [-0.2, 0) is 11.2 Å². The van der Waals surface area contributed by atoms with Gasteiger partial charge < -0.3 is 10.2 Å². The maximum atomic E-state index is 11.0. The molecule has 2 aromatic carbocycles. The van der Waals surface area contributed by atoms with E-state index in [1.165, 1.54) is 23.9 Å². The number of fused-ring (bicyclic) bond motifs is 1. The van der Waals surface area contributed by atoms with E-state index in [0.29, 0.717) is 0 Å². The lowest BCUT2D eigenvalue weighted by Crippen LogP contribution is -2.13. The van der Waals surface area contributed by atoms with Crippen molar-refractivity contribution in [2.45, 2.75) is 13.3 Å². The molecule has 1 amide bonds. The molecule has 1 heterocycles. The summed E-state index contributed by atoms with van der Waals surface area (Å²) in [4.78, 5) is 13.3. The number of rotatable bonds is 2. The standard InChI is InChI=1S/C16H16N2O/c1-12(19)17-14-6-8-15(9-7-14)18-11-10-13-4-2-3-5-16(13)18/h2-9H,10-11H2,1H3,(H,17,19). The van der Waals surface area contributed by atoms with Gasteiger partial charge in [0.25, 0.3) is 0 Å². The normalized spacial score (nSPS) is 13.2. The van der Waals surface area contributed by atoms with Gasteiger partial charge in [-0.1, -0.05) is 18.2 Å². The van der Waals surface area contributed by atoms with E-state index in [9.17, 15) is 4.79 Å². The summed E-state index contributed by atoms with van der Waals surface area (Å²) in [5, 5.41) is 2.78. The summed E-state index contributed by atoms with van der Waals surface area (Å²) in [6.45, 7) is 2.53. The van der Waals surface area contributed by atoms with Crippen LogP contribution >= 0.6 is 0 Å². The highest BCUT2D eigenvalue weighted by Crippen LogP contribution is 2.34. The molecule has 0 bridgehead atoms. The Labute approximate surface area is 112 Å². The highest BCUT2D eigenvalue weighted by molar-refractivity contribution is 5.89. The first kappa shape index (κ1) is 11.8. The van der Waals surface area contributed by atoms with Crippen LogP contribution in [0.3, 0.4) is 0 Å². The van der Waals surface area contributed by atoms with Gasteiger partial charge in [0.1, 0.15) is 0 Å². The first-order valence-corrected chi connectivity index (χ1v) is 6.47. The zero-order valence-corrected chi connectivity index (χ0v) is 10.9. The van der Waals surface area contributed by atoms with Crippen molar-refractivity contribution >= 4 is 23.0 Å². The largest absolute Gasteiger partial charge is 0.341 e. The van der Waals surface area contributed by atoms with Gasteiger partial charge >= 0.3 is 0 Å². The summed E-state index contributed by atoms with van der Waals surface area (Å²) in [6, 6.07) is 16.5. The van der Waals surface area contributed by atoms with Crippen LogP contribution in [0, 0.1) is 0 Å². The first-order valence-electron chi connectivity index (χ1n) is 6.47. The smallest absolute Gasteiger partial charge is 0.221 e. The number of anilines is 3. The molecule has 0 radical (unpaired) electrons. The molecule has 3 nitrogen and oxygen atoms in total. The molecule has 2 aromatic rings. The lowest BCUT2D eigenvalue weighted by Gasteiger charge is -2.19. The molecule has 0 atom stereocenters. The van der Waals surface area contributed by atoms with E-state index >= 15 is 0 Å². The van der Waals surface area contributed by atoms with E-state index in [-0.39, 0.29) is 5.91 Å². The summed E-state index contributed by atoms with van der Waals surface area (Å²) >= 11 is 0. The zero-order valence-electron chi connectivity index (χ0n) is 10.9. The second-order valence-corrected chi connectivity index (χ2v) is 4.76. The Kier molecular flexibility index (Phi) is 2.95. The van der Waals surface area contributed by atoms with E-state index in [4.69, 9.17) is 0 Å². The Morgan fingerprint density at radius 3 is 2.58 bits per heavy atom. The molecule has 3 rings (SSSR count). The van der Waals surface area contributed by atoms with Crippen LogP contribution in [0.1, 0.15) is 12.5 Å². The van der Waals surface area contributed by atoms with Crippen molar-refractivity contribution in [2.75, 3.05) is 16.8 Å². The third kappa shape index (κ3) is 2.32. The molecule has 0 aromatic heterocycles. The average Bonchev–Trinajstić information content (AvgIpc) is 2.83. The van der Waals surface area contributed by atoms with E-state index in [2.05, 4.69) is 34.5 Å². The Morgan fingerprint density at radius 2 is 1.84 bits per heavy atom. The molecule has 1 aliphatic heterocycles.